The van der Waals surface area contributed by atoms with Crippen molar-refractivity contribution in [2.75, 3.05) is 0 Å². The normalized spacial score (nSPS) is 12.3. The van der Waals surface area contributed by atoms with Crippen molar-refractivity contribution in [1.29, 1.82) is 0 Å². The quantitative estimate of drug-likeness (QED) is 0.621. The number of allylic oxidation sites excluding steroid dienone is 1. The van der Waals surface area contributed by atoms with Crippen molar-refractivity contribution in [2.45, 2.75) is 13.8 Å². The van der Waals surface area contributed by atoms with Gasteiger partial charge < -0.3 is 0 Å². The van der Waals surface area contributed by atoms with Crippen LogP contribution in [0.25, 0.3) is 5.70 Å². The zero-order valence-corrected chi connectivity index (χ0v) is 7.23. The third kappa shape index (κ3) is 1.99. The second-order valence-corrected chi connectivity index (χ2v) is 2.16. The summed E-state index contributed by atoms with van der Waals surface area (Å²) in [6.07, 6.45) is 6.89. The zero-order chi connectivity index (χ0) is 8.81. The fourth-order valence-electron chi connectivity index (χ4n) is 0.870. The van der Waals surface area contributed by atoms with Crippen molar-refractivity contribution >= 4 is 11.9 Å². The Balaban J connectivity index is 2.97. The van der Waals surface area contributed by atoms with E-state index in [2.05, 4.69) is 15.0 Å². The molecule has 0 unspecified atom stereocenters. The maximum absolute atomic E-state index is 4.16. The first kappa shape index (κ1) is 8.59. The molecular formula is C9H11N3. The molecule has 12 heavy (non-hydrogen) atoms. The average molecular weight is 161 g/mol. The van der Waals surface area contributed by atoms with Gasteiger partial charge in [-0.1, -0.05) is 6.08 Å². The van der Waals surface area contributed by atoms with Crippen LogP contribution in [0.1, 0.15) is 19.5 Å². The molecule has 0 aromatic carbocycles. The van der Waals surface area contributed by atoms with Crippen LogP contribution < -0.4 is 0 Å². The minimum atomic E-state index is 0.852. The number of hydrogen-bond acceptors (Lipinski definition) is 3. The van der Waals surface area contributed by atoms with Gasteiger partial charge in [-0.2, -0.15) is 0 Å². The van der Waals surface area contributed by atoms with E-state index in [1.807, 2.05) is 26.0 Å². The molecule has 0 fully saturated rings. The molecule has 3 nitrogen and oxygen atoms in total. The Morgan fingerprint density at radius 3 is 2.83 bits per heavy atom. The van der Waals surface area contributed by atoms with E-state index >= 15 is 0 Å². The third-order valence-electron chi connectivity index (χ3n) is 1.39. The van der Waals surface area contributed by atoms with Crippen molar-refractivity contribution in [3.8, 4) is 0 Å². The molecular weight excluding hydrogens is 150 g/mol. The molecule has 1 heterocycles. The van der Waals surface area contributed by atoms with E-state index < -0.39 is 0 Å². The van der Waals surface area contributed by atoms with Crippen LogP contribution in [0.5, 0.6) is 0 Å². The Kier molecular flexibility index (Phi) is 3.14. The summed E-state index contributed by atoms with van der Waals surface area (Å²) in [6, 6.07) is 1.84. The van der Waals surface area contributed by atoms with E-state index in [-0.39, 0.29) is 0 Å². The van der Waals surface area contributed by atoms with E-state index in [1.54, 1.807) is 12.4 Å². The van der Waals surface area contributed by atoms with Crippen LogP contribution in [0.2, 0.25) is 0 Å². The first-order valence-electron chi connectivity index (χ1n) is 3.80. The van der Waals surface area contributed by atoms with Crippen LogP contribution in [0.4, 0.5) is 0 Å². The Hall–Kier alpha value is -1.51. The topological polar surface area (TPSA) is 38.1 Å². The van der Waals surface area contributed by atoms with Gasteiger partial charge in [0, 0.05) is 12.4 Å². The van der Waals surface area contributed by atoms with Crippen molar-refractivity contribution in [3.05, 3.63) is 30.4 Å². The van der Waals surface area contributed by atoms with Gasteiger partial charge in [-0.3, -0.25) is 4.99 Å². The van der Waals surface area contributed by atoms with E-state index in [9.17, 15) is 0 Å². The Morgan fingerprint density at radius 1 is 1.50 bits per heavy atom. The predicted molar refractivity (Wildman–Crippen MR) is 49.8 cm³/mol. The van der Waals surface area contributed by atoms with Gasteiger partial charge in [0.25, 0.3) is 0 Å². The Morgan fingerprint density at radius 2 is 2.33 bits per heavy atom. The molecule has 0 aliphatic carbocycles. The lowest BCUT2D eigenvalue weighted by atomic mass is 10.3. The summed E-state index contributed by atoms with van der Waals surface area (Å²) >= 11 is 0. The van der Waals surface area contributed by atoms with Crippen molar-refractivity contribution < 1.29 is 0 Å². The average Bonchev–Trinajstić information content (AvgIpc) is 2.15. The summed E-state index contributed by atoms with van der Waals surface area (Å²) in [5.74, 6) is 0. The van der Waals surface area contributed by atoms with Crippen LogP contribution >= 0.6 is 0 Å². The standard InChI is InChI=1S/C9H11N3/c1-3-8(11-4-2)9-5-6-10-7-12-9/h3-7H,1-2H3. The second-order valence-electron chi connectivity index (χ2n) is 2.16. The van der Waals surface area contributed by atoms with E-state index in [0.717, 1.165) is 11.4 Å². The summed E-state index contributed by atoms with van der Waals surface area (Å²) in [7, 11) is 0. The van der Waals surface area contributed by atoms with Gasteiger partial charge in [-0.05, 0) is 19.9 Å². The van der Waals surface area contributed by atoms with Gasteiger partial charge >= 0.3 is 0 Å². The molecule has 0 saturated heterocycles. The highest BCUT2D eigenvalue weighted by Gasteiger charge is 1.96. The molecule has 0 radical (unpaired) electrons. The predicted octanol–water partition coefficient (Wildman–Crippen LogP) is 1.93. The Bertz CT molecular complexity index is 288. The smallest absolute Gasteiger partial charge is 0.116 e. The summed E-state index contributed by atoms with van der Waals surface area (Å²) in [6.45, 7) is 3.81. The van der Waals surface area contributed by atoms with Crippen LogP contribution in [0.3, 0.4) is 0 Å². The molecule has 62 valence electrons. The largest absolute Gasteiger partial charge is 0.260 e. The van der Waals surface area contributed by atoms with Gasteiger partial charge in [-0.15, -0.1) is 0 Å². The lowest BCUT2D eigenvalue weighted by molar-refractivity contribution is 1.13. The fourth-order valence-corrected chi connectivity index (χ4v) is 0.870. The molecule has 0 amide bonds. The number of rotatable bonds is 2. The van der Waals surface area contributed by atoms with Crippen LogP contribution in [0.15, 0.2) is 29.7 Å². The maximum Gasteiger partial charge on any atom is 0.116 e. The summed E-state index contributed by atoms with van der Waals surface area (Å²) < 4.78 is 0. The second kappa shape index (κ2) is 4.38. The number of aliphatic imine (C=N–C) groups is 1. The molecule has 0 aliphatic heterocycles. The molecule has 0 bridgehead atoms. The number of hydrogen-bond donors (Lipinski definition) is 0. The van der Waals surface area contributed by atoms with Crippen molar-refractivity contribution in [2.24, 2.45) is 4.99 Å². The zero-order valence-electron chi connectivity index (χ0n) is 7.23. The van der Waals surface area contributed by atoms with Crippen molar-refractivity contribution in [1.82, 2.24) is 9.97 Å². The summed E-state index contributed by atoms with van der Waals surface area (Å²) in [5.41, 5.74) is 1.73. The number of nitrogens with zero attached hydrogens (tertiary/aromatic N) is 3. The van der Waals surface area contributed by atoms with Gasteiger partial charge in [0.15, 0.2) is 0 Å². The van der Waals surface area contributed by atoms with Gasteiger partial charge in [0.05, 0.1) is 11.4 Å². The van der Waals surface area contributed by atoms with Crippen LogP contribution in [0, 0.1) is 0 Å². The van der Waals surface area contributed by atoms with Crippen molar-refractivity contribution in [3.63, 3.8) is 0 Å². The van der Waals surface area contributed by atoms with E-state index in [0.29, 0.717) is 0 Å². The molecule has 3 heteroatoms. The minimum absolute atomic E-state index is 0.852. The maximum atomic E-state index is 4.16. The van der Waals surface area contributed by atoms with Gasteiger partial charge in [-0.25, -0.2) is 9.97 Å². The summed E-state index contributed by atoms with van der Waals surface area (Å²) in [5, 5.41) is 0. The van der Waals surface area contributed by atoms with Crippen LogP contribution in [-0.4, -0.2) is 16.2 Å². The molecule has 0 spiro atoms. The minimum Gasteiger partial charge on any atom is -0.260 e. The lowest BCUT2D eigenvalue weighted by Crippen LogP contribution is -1.86. The monoisotopic (exact) mass is 161 g/mol. The summed E-state index contributed by atoms with van der Waals surface area (Å²) in [4.78, 5) is 12.1. The van der Waals surface area contributed by atoms with Gasteiger partial charge in [0.1, 0.15) is 6.33 Å². The lowest BCUT2D eigenvalue weighted by Gasteiger charge is -1.97. The molecule has 1 rings (SSSR count). The molecule has 1 aromatic heterocycles. The van der Waals surface area contributed by atoms with Gasteiger partial charge in [0.2, 0.25) is 0 Å². The first-order valence-corrected chi connectivity index (χ1v) is 3.80. The fraction of sp³-hybridized carbons (Fsp3) is 0.222. The first-order chi connectivity index (χ1) is 5.88. The molecule has 0 N–H and O–H groups in total. The highest BCUT2D eigenvalue weighted by molar-refractivity contribution is 5.70. The highest BCUT2D eigenvalue weighted by Crippen LogP contribution is 2.10. The van der Waals surface area contributed by atoms with E-state index in [1.165, 1.54) is 6.33 Å². The highest BCUT2D eigenvalue weighted by atomic mass is 14.9. The third-order valence-corrected chi connectivity index (χ3v) is 1.39. The molecule has 0 saturated carbocycles. The van der Waals surface area contributed by atoms with E-state index in [4.69, 9.17) is 0 Å². The molecule has 1 aromatic rings. The molecule has 0 atom stereocenters. The molecule has 0 aliphatic rings. The Labute approximate surface area is 71.9 Å². The number of aromatic nitrogens is 2. The SMILES string of the molecule is CC=NC(=CC)c1ccncn1. The van der Waals surface area contributed by atoms with Crippen LogP contribution in [-0.2, 0) is 0 Å².